The van der Waals surface area contributed by atoms with Crippen molar-refractivity contribution in [2.45, 2.75) is 20.8 Å². The average molecular weight is 125 g/mol. The zero-order valence-electron chi connectivity index (χ0n) is 6.49. The molecule has 0 amide bonds. The van der Waals surface area contributed by atoms with Crippen LogP contribution < -0.4 is 5.32 Å². The first-order valence-electron chi connectivity index (χ1n) is 3.37. The molecule has 0 rings (SSSR count). The van der Waals surface area contributed by atoms with Crippen LogP contribution in [-0.4, -0.2) is 13.1 Å². The molecule has 0 unspecified atom stereocenters. The van der Waals surface area contributed by atoms with E-state index in [1.54, 1.807) is 0 Å². The Labute approximate surface area is 57.8 Å². The Morgan fingerprint density at radius 2 is 2.11 bits per heavy atom. The van der Waals surface area contributed by atoms with Crippen molar-refractivity contribution < 1.29 is 0 Å². The minimum absolute atomic E-state index is 0.726. The summed E-state index contributed by atoms with van der Waals surface area (Å²) in [5.41, 5.74) is 0. The number of rotatable bonds is 3. The lowest BCUT2D eigenvalue weighted by Crippen LogP contribution is -2.19. The molecule has 0 saturated carbocycles. The maximum absolute atomic E-state index is 3.21. The Bertz CT molecular complexity index is 105. The Morgan fingerprint density at radius 3 is 2.56 bits per heavy atom. The molecule has 0 bridgehead atoms. The van der Waals surface area contributed by atoms with Crippen LogP contribution in [0, 0.1) is 17.8 Å². The van der Waals surface area contributed by atoms with Crippen molar-refractivity contribution in [1.82, 2.24) is 5.32 Å². The topological polar surface area (TPSA) is 12.0 Å². The molecule has 0 radical (unpaired) electrons. The summed E-state index contributed by atoms with van der Waals surface area (Å²) in [5, 5.41) is 3.21. The maximum atomic E-state index is 3.21. The molecule has 0 heterocycles. The van der Waals surface area contributed by atoms with E-state index in [0.29, 0.717) is 0 Å². The molecule has 0 saturated heterocycles. The van der Waals surface area contributed by atoms with Crippen molar-refractivity contribution in [1.29, 1.82) is 0 Å². The second-order valence-electron chi connectivity index (χ2n) is 2.45. The van der Waals surface area contributed by atoms with Gasteiger partial charge in [0.05, 0.1) is 6.54 Å². The number of nitrogens with one attached hydrogen (secondary N) is 1. The van der Waals surface area contributed by atoms with Gasteiger partial charge in [0.15, 0.2) is 0 Å². The summed E-state index contributed by atoms with van der Waals surface area (Å²) < 4.78 is 0. The summed E-state index contributed by atoms with van der Waals surface area (Å²) in [6.07, 6.45) is 0. The van der Waals surface area contributed by atoms with Gasteiger partial charge in [-0.3, -0.25) is 0 Å². The van der Waals surface area contributed by atoms with Gasteiger partial charge in [-0.25, -0.2) is 0 Å². The minimum atomic E-state index is 0.726. The number of hydrogen-bond donors (Lipinski definition) is 1. The molecule has 0 aromatic heterocycles. The zero-order chi connectivity index (χ0) is 7.11. The van der Waals surface area contributed by atoms with Crippen LogP contribution in [0.2, 0.25) is 0 Å². The normalized spacial score (nSPS) is 8.89. The third-order valence-corrected chi connectivity index (χ3v) is 0.943. The van der Waals surface area contributed by atoms with Crippen LogP contribution >= 0.6 is 0 Å². The zero-order valence-corrected chi connectivity index (χ0v) is 6.49. The summed E-state index contributed by atoms with van der Waals surface area (Å²) in [6.45, 7) is 8.12. The van der Waals surface area contributed by atoms with E-state index in [0.717, 1.165) is 19.0 Å². The first-order valence-corrected chi connectivity index (χ1v) is 3.37. The molecular weight excluding hydrogens is 110 g/mol. The van der Waals surface area contributed by atoms with Crippen LogP contribution in [-0.2, 0) is 0 Å². The second-order valence-corrected chi connectivity index (χ2v) is 2.45. The molecule has 1 nitrogen and oxygen atoms in total. The molecule has 1 N–H and O–H groups in total. The standard InChI is InChI=1S/C8H15N/c1-4-5-6-9-7-8(2)3/h8-9H,6-7H2,1-3H3. The fourth-order valence-electron chi connectivity index (χ4n) is 0.512. The highest BCUT2D eigenvalue weighted by Gasteiger charge is 1.88. The molecule has 1 heteroatoms. The lowest BCUT2D eigenvalue weighted by Gasteiger charge is -2.01. The molecule has 0 atom stereocenters. The van der Waals surface area contributed by atoms with Crippen LogP contribution in [0.1, 0.15) is 20.8 Å². The predicted molar refractivity (Wildman–Crippen MR) is 41.2 cm³/mol. The summed E-state index contributed by atoms with van der Waals surface area (Å²) in [6, 6.07) is 0. The van der Waals surface area contributed by atoms with Gasteiger partial charge in [-0.05, 0) is 19.4 Å². The molecule has 0 aliphatic carbocycles. The fourth-order valence-corrected chi connectivity index (χ4v) is 0.512. The van der Waals surface area contributed by atoms with E-state index < -0.39 is 0 Å². The van der Waals surface area contributed by atoms with Crippen LogP contribution in [0.5, 0.6) is 0 Å². The van der Waals surface area contributed by atoms with E-state index in [4.69, 9.17) is 0 Å². The Morgan fingerprint density at radius 1 is 1.44 bits per heavy atom. The third kappa shape index (κ3) is 7.52. The van der Waals surface area contributed by atoms with Crippen LogP contribution in [0.25, 0.3) is 0 Å². The molecule has 9 heavy (non-hydrogen) atoms. The lowest BCUT2D eigenvalue weighted by atomic mass is 10.2. The Balaban J connectivity index is 2.98. The van der Waals surface area contributed by atoms with E-state index in [2.05, 4.69) is 31.0 Å². The van der Waals surface area contributed by atoms with Gasteiger partial charge in [-0.15, -0.1) is 5.92 Å². The van der Waals surface area contributed by atoms with Crippen LogP contribution in [0.15, 0.2) is 0 Å². The van der Waals surface area contributed by atoms with Crippen molar-refractivity contribution in [3.05, 3.63) is 0 Å². The van der Waals surface area contributed by atoms with Crippen molar-refractivity contribution in [2.75, 3.05) is 13.1 Å². The van der Waals surface area contributed by atoms with E-state index in [-0.39, 0.29) is 0 Å². The molecule has 0 aliphatic heterocycles. The summed E-state index contributed by atoms with van der Waals surface area (Å²) in [5.74, 6) is 6.50. The van der Waals surface area contributed by atoms with E-state index in [1.165, 1.54) is 0 Å². The SMILES string of the molecule is CC#CCNCC(C)C. The number of hydrogen-bond acceptors (Lipinski definition) is 1. The summed E-state index contributed by atoms with van der Waals surface area (Å²) in [7, 11) is 0. The molecule has 0 spiro atoms. The molecule has 0 aromatic carbocycles. The first kappa shape index (κ1) is 8.52. The van der Waals surface area contributed by atoms with E-state index in [9.17, 15) is 0 Å². The lowest BCUT2D eigenvalue weighted by molar-refractivity contribution is 0.580. The van der Waals surface area contributed by atoms with Gasteiger partial charge in [0.2, 0.25) is 0 Å². The van der Waals surface area contributed by atoms with Crippen molar-refractivity contribution in [2.24, 2.45) is 5.92 Å². The highest BCUT2D eigenvalue weighted by atomic mass is 14.8. The Hall–Kier alpha value is -0.480. The highest BCUT2D eigenvalue weighted by Crippen LogP contribution is 1.85. The second kappa shape index (κ2) is 5.65. The van der Waals surface area contributed by atoms with Gasteiger partial charge in [-0.1, -0.05) is 19.8 Å². The van der Waals surface area contributed by atoms with Crippen molar-refractivity contribution in [3.63, 3.8) is 0 Å². The fraction of sp³-hybridized carbons (Fsp3) is 0.750. The van der Waals surface area contributed by atoms with E-state index in [1.807, 2.05) is 6.92 Å². The first-order chi connectivity index (χ1) is 4.27. The molecule has 0 fully saturated rings. The van der Waals surface area contributed by atoms with Gasteiger partial charge in [0.1, 0.15) is 0 Å². The van der Waals surface area contributed by atoms with Crippen molar-refractivity contribution >= 4 is 0 Å². The average Bonchev–Trinajstić information content (AvgIpc) is 1.80. The smallest absolute Gasteiger partial charge is 0.0576 e. The van der Waals surface area contributed by atoms with Gasteiger partial charge in [0, 0.05) is 0 Å². The molecule has 0 aromatic rings. The van der Waals surface area contributed by atoms with Crippen LogP contribution in [0.3, 0.4) is 0 Å². The van der Waals surface area contributed by atoms with Gasteiger partial charge < -0.3 is 5.32 Å². The quantitative estimate of drug-likeness (QED) is 0.442. The molecule has 52 valence electrons. The van der Waals surface area contributed by atoms with Gasteiger partial charge >= 0.3 is 0 Å². The monoisotopic (exact) mass is 125 g/mol. The van der Waals surface area contributed by atoms with Gasteiger partial charge in [-0.2, -0.15) is 0 Å². The largest absolute Gasteiger partial charge is 0.306 e. The Kier molecular flexibility index (Phi) is 5.35. The van der Waals surface area contributed by atoms with Crippen molar-refractivity contribution in [3.8, 4) is 11.8 Å². The predicted octanol–water partition coefficient (Wildman–Crippen LogP) is 1.26. The highest BCUT2D eigenvalue weighted by molar-refractivity contribution is 4.96. The van der Waals surface area contributed by atoms with Crippen LogP contribution in [0.4, 0.5) is 0 Å². The van der Waals surface area contributed by atoms with E-state index >= 15 is 0 Å². The summed E-state index contributed by atoms with van der Waals surface area (Å²) in [4.78, 5) is 0. The third-order valence-electron chi connectivity index (χ3n) is 0.943. The maximum Gasteiger partial charge on any atom is 0.0576 e. The van der Waals surface area contributed by atoms with Gasteiger partial charge in [0.25, 0.3) is 0 Å². The minimum Gasteiger partial charge on any atom is -0.306 e. The molecule has 0 aliphatic rings. The molecular formula is C8H15N. The summed E-state index contributed by atoms with van der Waals surface area (Å²) >= 11 is 0.